The second kappa shape index (κ2) is 14.4. The number of amides is 2. The SMILES string of the molecule is COc1cc2cc(C(=O)N3C[C@@H](CCl)c4c3cc(OP(=O)(O)OP(=O)(O)OCCNC(=O)CON)c3ccccc43)[nH]c2c(C)c1OC. The number of hydrogen-bond donors (Lipinski definition) is 5. The number of ether oxygens (including phenoxy) is 2. The first kappa shape index (κ1) is 35.6. The fourth-order valence-electron chi connectivity index (χ4n) is 5.65. The maximum atomic E-state index is 14.1. The molecule has 1 aliphatic rings. The Morgan fingerprint density at radius 2 is 1.81 bits per heavy atom. The predicted octanol–water partition coefficient (Wildman–Crippen LogP) is 4.25. The summed E-state index contributed by atoms with van der Waals surface area (Å²) in [5, 5.41) is 3.93. The molecule has 0 bridgehead atoms. The van der Waals surface area contributed by atoms with Gasteiger partial charge in [-0.05, 0) is 30.0 Å². The summed E-state index contributed by atoms with van der Waals surface area (Å²) in [4.78, 5) is 54.9. The van der Waals surface area contributed by atoms with Gasteiger partial charge in [0.05, 0.1) is 32.0 Å². The zero-order valence-corrected chi connectivity index (χ0v) is 28.5. The van der Waals surface area contributed by atoms with E-state index in [0.717, 1.165) is 5.56 Å². The summed E-state index contributed by atoms with van der Waals surface area (Å²) in [6.07, 6.45) is 0. The van der Waals surface area contributed by atoms with Crippen molar-refractivity contribution in [2.75, 3.05) is 51.3 Å². The van der Waals surface area contributed by atoms with E-state index in [-0.39, 0.29) is 36.3 Å². The number of nitrogens with two attached hydrogens (primary N) is 1. The molecule has 0 saturated carbocycles. The van der Waals surface area contributed by atoms with E-state index >= 15 is 0 Å². The summed E-state index contributed by atoms with van der Waals surface area (Å²) in [6, 6.07) is 11.6. The summed E-state index contributed by atoms with van der Waals surface area (Å²) in [6.45, 7) is 0.747. The molecule has 0 fully saturated rings. The van der Waals surface area contributed by atoms with Gasteiger partial charge >= 0.3 is 15.6 Å². The number of aryl methyl sites for hydroxylation is 1. The van der Waals surface area contributed by atoms with Crippen molar-refractivity contribution in [3.63, 3.8) is 0 Å². The van der Waals surface area contributed by atoms with Crippen LogP contribution in [0.3, 0.4) is 0 Å². The van der Waals surface area contributed by atoms with Gasteiger partial charge in [-0.2, -0.15) is 4.31 Å². The lowest BCUT2D eigenvalue weighted by molar-refractivity contribution is -0.125. The highest BCUT2D eigenvalue weighted by molar-refractivity contribution is 7.61. The van der Waals surface area contributed by atoms with Gasteiger partial charge in [-0.1, -0.05) is 24.3 Å². The van der Waals surface area contributed by atoms with Crippen LogP contribution in [0.25, 0.3) is 21.7 Å². The average molecular weight is 727 g/mol. The zero-order valence-electron chi connectivity index (χ0n) is 25.9. The van der Waals surface area contributed by atoms with Crippen molar-refractivity contribution in [2.24, 2.45) is 5.90 Å². The van der Waals surface area contributed by atoms with Gasteiger partial charge in [0.25, 0.3) is 5.91 Å². The number of halogens is 1. The molecule has 0 saturated heterocycles. The molecule has 3 atom stereocenters. The first-order valence-electron chi connectivity index (χ1n) is 14.3. The van der Waals surface area contributed by atoms with Crippen LogP contribution in [0.1, 0.15) is 27.5 Å². The molecule has 4 aromatic rings. The van der Waals surface area contributed by atoms with Crippen LogP contribution in [0, 0.1) is 6.92 Å². The average Bonchev–Trinajstić information content (AvgIpc) is 3.64. The number of methoxy groups -OCH3 is 2. The fourth-order valence-corrected chi connectivity index (χ4v) is 7.98. The predicted molar refractivity (Wildman–Crippen MR) is 176 cm³/mol. The molecule has 1 aromatic heterocycles. The van der Waals surface area contributed by atoms with Crippen molar-refractivity contribution < 1.29 is 56.2 Å². The third-order valence-corrected chi connectivity index (χ3v) is 10.6. The Kier molecular flexibility index (Phi) is 10.7. The van der Waals surface area contributed by atoms with Gasteiger partial charge < -0.3 is 34.1 Å². The number of aromatic nitrogens is 1. The van der Waals surface area contributed by atoms with E-state index in [4.69, 9.17) is 31.5 Å². The lowest BCUT2D eigenvalue weighted by atomic mass is 9.95. The van der Waals surface area contributed by atoms with Crippen molar-refractivity contribution in [2.45, 2.75) is 12.8 Å². The first-order valence-corrected chi connectivity index (χ1v) is 17.8. The Morgan fingerprint density at radius 1 is 1.08 bits per heavy atom. The Labute approximate surface area is 279 Å². The van der Waals surface area contributed by atoms with Crippen LogP contribution < -0.4 is 30.1 Å². The normalized spacial score (nSPS) is 16.7. The molecule has 2 amide bonds. The van der Waals surface area contributed by atoms with Gasteiger partial charge in [-0.25, -0.2) is 15.0 Å². The number of aromatic amines is 1. The van der Waals surface area contributed by atoms with Crippen molar-refractivity contribution in [1.29, 1.82) is 0 Å². The monoisotopic (exact) mass is 726 g/mol. The zero-order chi connectivity index (χ0) is 34.8. The van der Waals surface area contributed by atoms with Crippen LogP contribution in [-0.2, 0) is 27.6 Å². The topological polar surface area (TPSA) is 221 Å². The number of H-pyrrole nitrogens is 1. The molecular formula is C29H33ClN4O12P2. The number of phosphoric acid groups is 2. The van der Waals surface area contributed by atoms with E-state index < -0.39 is 40.7 Å². The third kappa shape index (κ3) is 7.32. The summed E-state index contributed by atoms with van der Waals surface area (Å²) >= 11 is 6.39. The van der Waals surface area contributed by atoms with E-state index in [1.165, 1.54) is 25.2 Å². The highest BCUT2D eigenvalue weighted by Gasteiger charge is 2.39. The van der Waals surface area contributed by atoms with Crippen LogP contribution in [0.5, 0.6) is 17.2 Å². The second-order valence-corrected chi connectivity index (χ2v) is 13.9. The lowest BCUT2D eigenvalue weighted by Gasteiger charge is -2.21. The number of fused-ring (bicyclic) bond motifs is 4. The first-order chi connectivity index (χ1) is 22.8. The van der Waals surface area contributed by atoms with E-state index in [1.807, 2.05) is 6.92 Å². The number of phosphoric ester groups is 2. The molecule has 0 spiro atoms. The third-order valence-electron chi connectivity index (χ3n) is 7.60. The number of alkyl halides is 1. The molecule has 2 heterocycles. The van der Waals surface area contributed by atoms with Gasteiger partial charge in [0, 0.05) is 47.3 Å². The maximum Gasteiger partial charge on any atom is 0.536 e. The largest absolute Gasteiger partial charge is 0.536 e. The molecule has 1 aliphatic heterocycles. The molecule has 0 radical (unpaired) electrons. The Hall–Kier alpha value is -3.69. The van der Waals surface area contributed by atoms with Crippen LogP contribution in [-0.4, -0.2) is 73.0 Å². The minimum atomic E-state index is -5.33. The summed E-state index contributed by atoms with van der Waals surface area (Å²) in [7, 11) is -7.45. The smallest absolute Gasteiger partial charge is 0.493 e. The molecule has 258 valence electrons. The number of hydrogen-bond acceptors (Lipinski definition) is 11. The summed E-state index contributed by atoms with van der Waals surface area (Å²) in [5.74, 6) is 4.42. The maximum absolute atomic E-state index is 14.1. The quantitative estimate of drug-likeness (QED) is 0.0532. The van der Waals surface area contributed by atoms with Crippen LogP contribution in [0.15, 0.2) is 42.5 Å². The van der Waals surface area contributed by atoms with E-state index in [1.54, 1.807) is 36.4 Å². The molecule has 16 nitrogen and oxygen atoms in total. The Morgan fingerprint density at radius 3 is 2.48 bits per heavy atom. The van der Waals surface area contributed by atoms with Crippen LogP contribution in [0.4, 0.5) is 5.69 Å². The number of rotatable bonds is 14. The highest BCUT2D eigenvalue weighted by atomic mass is 35.5. The number of nitrogens with zero attached hydrogens (tertiary/aromatic N) is 1. The van der Waals surface area contributed by atoms with E-state index in [2.05, 4.69) is 24.0 Å². The van der Waals surface area contributed by atoms with E-state index in [0.29, 0.717) is 44.4 Å². The molecule has 3 aromatic carbocycles. The lowest BCUT2D eigenvalue weighted by Crippen LogP contribution is -2.31. The fraction of sp³-hybridized carbons (Fsp3) is 0.310. The molecule has 2 unspecified atom stereocenters. The molecule has 6 N–H and O–H groups in total. The Bertz CT molecular complexity index is 1970. The molecule has 0 aliphatic carbocycles. The summed E-state index contributed by atoms with van der Waals surface area (Å²) in [5.41, 5.74) is 2.73. The van der Waals surface area contributed by atoms with Crippen molar-refractivity contribution >= 4 is 66.4 Å². The van der Waals surface area contributed by atoms with Crippen molar-refractivity contribution in [3.8, 4) is 17.2 Å². The van der Waals surface area contributed by atoms with Gasteiger partial charge in [-0.3, -0.25) is 23.8 Å². The summed E-state index contributed by atoms with van der Waals surface area (Å²) < 4.78 is 51.0. The van der Waals surface area contributed by atoms with Gasteiger partial charge in [-0.15, -0.1) is 11.6 Å². The molecular weight excluding hydrogens is 694 g/mol. The van der Waals surface area contributed by atoms with Crippen LogP contribution in [0.2, 0.25) is 0 Å². The number of benzene rings is 3. The molecule has 5 rings (SSSR count). The molecule has 19 heteroatoms. The Balaban J connectivity index is 1.46. The number of nitrogens with one attached hydrogen (secondary N) is 2. The minimum absolute atomic E-state index is 0.160. The minimum Gasteiger partial charge on any atom is -0.493 e. The van der Waals surface area contributed by atoms with Crippen molar-refractivity contribution in [1.82, 2.24) is 10.3 Å². The van der Waals surface area contributed by atoms with Crippen molar-refractivity contribution in [3.05, 3.63) is 59.3 Å². The van der Waals surface area contributed by atoms with E-state index in [9.17, 15) is 28.5 Å². The second-order valence-electron chi connectivity index (χ2n) is 10.6. The highest BCUT2D eigenvalue weighted by Crippen LogP contribution is 2.61. The number of anilines is 1. The number of carbonyl (C=O) groups is 2. The molecule has 48 heavy (non-hydrogen) atoms. The number of carbonyl (C=O) groups excluding carboxylic acids is 2. The van der Waals surface area contributed by atoms with Crippen LogP contribution >= 0.6 is 27.2 Å². The standard InChI is InChI=1S/C29H33ClN4O12P2/c1-16-27-17(11-24(41-2)28(16)42-3)10-21(33-27)29(36)34-14-18(13-30)26-20-7-5-4-6-19(20)23(12-22(26)34)45-48(39,40)46-47(37,38)44-9-8-32-25(35)15-43-31/h4-7,10-12,18,33H,8-9,13-15,31H2,1-3H3,(H,32,35)(H,37,38)(H,39,40)/t18-/m1/s1. The van der Waals surface area contributed by atoms with Gasteiger partial charge in [0.15, 0.2) is 11.5 Å². The van der Waals surface area contributed by atoms with Gasteiger partial charge in [0.2, 0.25) is 5.91 Å². The van der Waals surface area contributed by atoms with Gasteiger partial charge in [0.1, 0.15) is 18.1 Å².